The molecule has 2 N–H and O–H groups in total. The highest BCUT2D eigenvalue weighted by atomic mass is 79.9. The predicted octanol–water partition coefficient (Wildman–Crippen LogP) is 7.60. The largest absolute Gasteiger partial charge is 0.417 e. The van der Waals surface area contributed by atoms with E-state index in [-0.39, 0.29) is 0 Å². The molecule has 0 aliphatic carbocycles. The van der Waals surface area contributed by atoms with E-state index in [0.717, 1.165) is 39.8 Å². The lowest BCUT2D eigenvalue weighted by atomic mass is 10.0. The maximum atomic E-state index is 13.4. The number of nitrogens with zero attached hydrogens (tertiary/aromatic N) is 3. The van der Waals surface area contributed by atoms with Crippen LogP contribution in [0, 0.1) is 0 Å². The summed E-state index contributed by atoms with van der Waals surface area (Å²) in [4.78, 5) is 17.5. The summed E-state index contributed by atoms with van der Waals surface area (Å²) in [5, 5.41) is 10.4. The summed E-state index contributed by atoms with van der Waals surface area (Å²) < 4.78 is 42.5. The Bertz CT molecular complexity index is 1660. The van der Waals surface area contributed by atoms with Crippen molar-refractivity contribution in [3.8, 4) is 11.3 Å². The normalized spacial score (nSPS) is 11.5. The molecule has 2 aromatic heterocycles. The van der Waals surface area contributed by atoms with E-state index in [0.29, 0.717) is 23.7 Å². The standard InChI is InChI=1S/C29H23BrF3N5O/c1-2-19-9-3-4-11-21(19)25-15-26(38-27(37-25)24(30)17-35-38)34-16-18-8-7-10-20(14-18)36-28(39)22-12-5-6-13-23(22)29(31,32)33/h3-15,17,34H,2,16H2,1H3,(H,36,39). The third kappa shape index (κ3) is 5.65. The van der Waals surface area contributed by atoms with E-state index in [1.807, 2.05) is 30.3 Å². The van der Waals surface area contributed by atoms with Crippen LogP contribution in [0.15, 0.2) is 89.5 Å². The van der Waals surface area contributed by atoms with Crippen molar-refractivity contribution in [3.05, 3.63) is 112 Å². The van der Waals surface area contributed by atoms with Crippen molar-refractivity contribution in [3.63, 3.8) is 0 Å². The number of hydrogen-bond donors (Lipinski definition) is 2. The molecule has 0 fully saturated rings. The highest BCUT2D eigenvalue weighted by molar-refractivity contribution is 9.10. The Morgan fingerprint density at radius 2 is 1.77 bits per heavy atom. The molecule has 39 heavy (non-hydrogen) atoms. The van der Waals surface area contributed by atoms with Crippen molar-refractivity contribution in [2.45, 2.75) is 26.1 Å². The van der Waals surface area contributed by atoms with Crippen molar-refractivity contribution in [1.82, 2.24) is 14.6 Å². The van der Waals surface area contributed by atoms with E-state index in [1.54, 1.807) is 28.9 Å². The zero-order chi connectivity index (χ0) is 27.6. The summed E-state index contributed by atoms with van der Waals surface area (Å²) in [5.74, 6) is -0.121. The maximum Gasteiger partial charge on any atom is 0.417 e. The van der Waals surface area contributed by atoms with Crippen LogP contribution in [-0.2, 0) is 19.1 Å². The second-order valence-electron chi connectivity index (χ2n) is 8.82. The third-order valence-corrected chi connectivity index (χ3v) is 6.80. The minimum absolute atomic E-state index is 0.369. The van der Waals surface area contributed by atoms with Crippen LogP contribution >= 0.6 is 15.9 Å². The summed E-state index contributed by atoms with van der Waals surface area (Å²) >= 11 is 3.52. The first-order valence-electron chi connectivity index (χ1n) is 12.2. The molecule has 0 aliphatic rings. The number of amides is 1. The second-order valence-corrected chi connectivity index (χ2v) is 9.67. The first kappa shape index (κ1) is 26.4. The summed E-state index contributed by atoms with van der Waals surface area (Å²) in [6.07, 6.45) is -2.09. The van der Waals surface area contributed by atoms with Crippen LogP contribution in [-0.4, -0.2) is 20.5 Å². The summed E-state index contributed by atoms with van der Waals surface area (Å²) in [7, 11) is 0. The lowest BCUT2D eigenvalue weighted by Crippen LogP contribution is -2.18. The minimum Gasteiger partial charge on any atom is -0.366 e. The quantitative estimate of drug-likeness (QED) is 0.204. The Kier molecular flexibility index (Phi) is 7.38. The number of fused-ring (bicyclic) bond motifs is 1. The molecule has 3 aromatic carbocycles. The van der Waals surface area contributed by atoms with Crippen LogP contribution in [0.5, 0.6) is 0 Å². The number of alkyl halides is 3. The number of carbonyl (C=O) groups is 1. The van der Waals surface area contributed by atoms with E-state index in [4.69, 9.17) is 4.98 Å². The van der Waals surface area contributed by atoms with Crippen LogP contribution in [0.25, 0.3) is 16.9 Å². The third-order valence-electron chi connectivity index (χ3n) is 6.24. The molecule has 1 amide bonds. The van der Waals surface area contributed by atoms with Crippen LogP contribution < -0.4 is 10.6 Å². The van der Waals surface area contributed by atoms with Gasteiger partial charge in [0.15, 0.2) is 5.65 Å². The SMILES string of the molecule is CCc1ccccc1-c1cc(NCc2cccc(NC(=O)c3ccccc3C(F)(F)F)c2)n2ncc(Br)c2n1. The molecule has 0 saturated carbocycles. The number of aryl methyl sites for hydroxylation is 1. The van der Waals surface area contributed by atoms with E-state index in [9.17, 15) is 18.0 Å². The van der Waals surface area contributed by atoms with Gasteiger partial charge in [-0.05, 0) is 57.7 Å². The average molecular weight is 594 g/mol. The summed E-state index contributed by atoms with van der Waals surface area (Å²) in [6.45, 7) is 2.47. The van der Waals surface area contributed by atoms with E-state index in [1.165, 1.54) is 17.7 Å². The predicted molar refractivity (Wildman–Crippen MR) is 149 cm³/mol. The van der Waals surface area contributed by atoms with Gasteiger partial charge in [-0.15, -0.1) is 0 Å². The number of rotatable bonds is 7. The number of hydrogen-bond acceptors (Lipinski definition) is 4. The lowest BCUT2D eigenvalue weighted by Gasteiger charge is -2.14. The molecule has 0 radical (unpaired) electrons. The zero-order valence-corrected chi connectivity index (χ0v) is 22.3. The molecule has 0 unspecified atom stereocenters. The Hall–Kier alpha value is -4.18. The van der Waals surface area contributed by atoms with Gasteiger partial charge in [0.05, 0.1) is 27.5 Å². The molecule has 0 saturated heterocycles. The highest BCUT2D eigenvalue weighted by Crippen LogP contribution is 2.32. The lowest BCUT2D eigenvalue weighted by molar-refractivity contribution is -0.137. The van der Waals surface area contributed by atoms with Gasteiger partial charge in [-0.1, -0.05) is 55.5 Å². The Labute approximate surface area is 231 Å². The van der Waals surface area contributed by atoms with Gasteiger partial charge in [0, 0.05) is 23.9 Å². The Morgan fingerprint density at radius 1 is 1.00 bits per heavy atom. The van der Waals surface area contributed by atoms with Crippen molar-refractivity contribution in [2.24, 2.45) is 0 Å². The van der Waals surface area contributed by atoms with E-state index >= 15 is 0 Å². The number of aromatic nitrogens is 3. The molecule has 0 aliphatic heterocycles. The van der Waals surface area contributed by atoms with E-state index < -0.39 is 23.2 Å². The summed E-state index contributed by atoms with van der Waals surface area (Å²) in [6, 6.07) is 21.7. The van der Waals surface area contributed by atoms with Gasteiger partial charge < -0.3 is 10.6 Å². The van der Waals surface area contributed by atoms with Gasteiger partial charge in [0.2, 0.25) is 0 Å². The first-order chi connectivity index (χ1) is 18.7. The van der Waals surface area contributed by atoms with Crippen LogP contribution in [0.3, 0.4) is 0 Å². The van der Waals surface area contributed by atoms with E-state index in [2.05, 4.69) is 44.7 Å². The molecule has 2 heterocycles. The molecule has 0 bridgehead atoms. The average Bonchev–Trinajstić information content (AvgIpc) is 3.32. The van der Waals surface area contributed by atoms with Crippen molar-refractivity contribution < 1.29 is 18.0 Å². The van der Waals surface area contributed by atoms with Crippen molar-refractivity contribution in [2.75, 3.05) is 10.6 Å². The first-order valence-corrected chi connectivity index (χ1v) is 13.0. The van der Waals surface area contributed by atoms with Crippen LogP contribution in [0.1, 0.15) is 34.0 Å². The maximum absolute atomic E-state index is 13.4. The van der Waals surface area contributed by atoms with Gasteiger partial charge in [-0.3, -0.25) is 4.79 Å². The van der Waals surface area contributed by atoms with Gasteiger partial charge in [-0.25, -0.2) is 4.98 Å². The topological polar surface area (TPSA) is 71.3 Å². The van der Waals surface area contributed by atoms with Gasteiger partial charge in [-0.2, -0.15) is 22.8 Å². The molecular formula is C29H23BrF3N5O. The summed E-state index contributed by atoms with van der Waals surface area (Å²) in [5.41, 5.74) is 3.44. The Balaban J connectivity index is 1.39. The molecule has 6 nitrogen and oxygen atoms in total. The number of nitrogens with one attached hydrogen (secondary N) is 2. The minimum atomic E-state index is -4.63. The molecule has 5 aromatic rings. The molecule has 0 atom stereocenters. The number of halogens is 4. The fourth-order valence-electron chi connectivity index (χ4n) is 4.36. The van der Waals surface area contributed by atoms with Crippen LogP contribution in [0.4, 0.5) is 24.7 Å². The monoisotopic (exact) mass is 593 g/mol. The molecule has 198 valence electrons. The highest BCUT2D eigenvalue weighted by Gasteiger charge is 2.34. The zero-order valence-electron chi connectivity index (χ0n) is 20.8. The fourth-order valence-corrected chi connectivity index (χ4v) is 4.71. The fraction of sp³-hybridized carbons (Fsp3) is 0.138. The van der Waals surface area contributed by atoms with Crippen molar-refractivity contribution in [1.29, 1.82) is 0 Å². The molecule has 0 spiro atoms. The number of anilines is 2. The van der Waals surface area contributed by atoms with Gasteiger partial charge >= 0.3 is 6.18 Å². The second kappa shape index (κ2) is 10.9. The molecule has 10 heteroatoms. The van der Waals surface area contributed by atoms with Gasteiger partial charge in [0.1, 0.15) is 5.82 Å². The van der Waals surface area contributed by atoms with Crippen LogP contribution in [0.2, 0.25) is 0 Å². The smallest absolute Gasteiger partial charge is 0.366 e. The molecule has 5 rings (SSSR count). The Morgan fingerprint density at radius 3 is 2.56 bits per heavy atom. The number of carbonyl (C=O) groups excluding carboxylic acids is 1. The van der Waals surface area contributed by atoms with Crippen molar-refractivity contribution >= 4 is 39.0 Å². The van der Waals surface area contributed by atoms with Gasteiger partial charge in [0.25, 0.3) is 5.91 Å². The molecular weight excluding hydrogens is 571 g/mol. The number of benzene rings is 3.